The van der Waals surface area contributed by atoms with E-state index in [0.717, 1.165) is 12.2 Å². The van der Waals surface area contributed by atoms with Crippen molar-refractivity contribution < 1.29 is 4.79 Å². The normalized spacial score (nSPS) is 19.3. The zero-order valence-corrected chi connectivity index (χ0v) is 10.5. The Bertz CT molecular complexity index is 319. The third kappa shape index (κ3) is 3.67. The maximum absolute atomic E-state index is 11.6. The molecule has 1 aliphatic rings. The van der Waals surface area contributed by atoms with E-state index < -0.39 is 0 Å². The van der Waals surface area contributed by atoms with Gasteiger partial charge in [-0.25, -0.2) is 0 Å². The van der Waals surface area contributed by atoms with E-state index in [2.05, 4.69) is 11.9 Å². The van der Waals surface area contributed by atoms with Crippen LogP contribution < -0.4 is 11.1 Å². The van der Waals surface area contributed by atoms with Crippen molar-refractivity contribution in [3.05, 3.63) is 34.2 Å². The topological polar surface area (TPSA) is 58.4 Å². The van der Waals surface area contributed by atoms with Crippen LogP contribution in [0.5, 0.6) is 0 Å². The van der Waals surface area contributed by atoms with E-state index in [0.29, 0.717) is 16.8 Å². The quantitative estimate of drug-likeness (QED) is 0.458. The largest absolute Gasteiger partial charge is 0.394 e. The van der Waals surface area contributed by atoms with Gasteiger partial charge < -0.3 is 16.0 Å². The van der Waals surface area contributed by atoms with E-state index in [-0.39, 0.29) is 5.91 Å². The predicted molar refractivity (Wildman–Crippen MR) is 69.2 cm³/mol. The molecule has 1 heterocycles. The molecule has 82 valence electrons. The highest BCUT2D eigenvalue weighted by atomic mass is 127. The zero-order chi connectivity index (χ0) is 11.3. The lowest BCUT2D eigenvalue weighted by molar-refractivity contribution is -0.129. The first-order chi connectivity index (χ1) is 7.15. The van der Waals surface area contributed by atoms with Gasteiger partial charge in [0.25, 0.3) is 0 Å². The highest BCUT2D eigenvalue weighted by Crippen LogP contribution is 2.09. The molecule has 0 spiro atoms. The summed E-state index contributed by atoms with van der Waals surface area (Å²) in [6, 6.07) is 0. The number of nitrogens with two attached hydrogens (primary N) is 1. The number of amides is 1. The molecule has 1 saturated heterocycles. The fourth-order valence-electron chi connectivity index (χ4n) is 1.31. The molecule has 0 aliphatic carbocycles. The van der Waals surface area contributed by atoms with Crippen molar-refractivity contribution in [2.75, 3.05) is 19.6 Å². The molecule has 3 N–H and O–H groups in total. The van der Waals surface area contributed by atoms with E-state index in [1.54, 1.807) is 23.1 Å². The lowest BCUT2D eigenvalue weighted by Gasteiger charge is -2.28. The van der Waals surface area contributed by atoms with Crippen LogP contribution in [0.2, 0.25) is 0 Å². The standard InChI is InChI=1S/C10H14IN3O/c1-2-8(3-4-9(11)12)14-6-5-13-7-10(14)15/h2-4,13H,1,5-7,12H2/b8-3+,9-4-. The SMILES string of the molecule is C=C/C(=C\C=C(/N)I)N1CCNCC1=O. The van der Waals surface area contributed by atoms with Crippen LogP contribution in [-0.4, -0.2) is 30.4 Å². The minimum atomic E-state index is 0.0628. The molecule has 0 aromatic rings. The Morgan fingerprint density at radius 1 is 1.60 bits per heavy atom. The second-order valence-electron chi connectivity index (χ2n) is 3.07. The molecule has 0 aromatic heterocycles. The molecule has 0 atom stereocenters. The van der Waals surface area contributed by atoms with Crippen molar-refractivity contribution in [1.82, 2.24) is 10.2 Å². The number of nitrogens with one attached hydrogen (secondary N) is 1. The number of carbonyl (C=O) groups is 1. The van der Waals surface area contributed by atoms with Gasteiger partial charge >= 0.3 is 0 Å². The number of halogens is 1. The summed E-state index contributed by atoms with van der Waals surface area (Å²) >= 11 is 2.01. The third-order valence-corrected chi connectivity index (χ3v) is 2.38. The molecule has 0 aromatic carbocycles. The monoisotopic (exact) mass is 319 g/mol. The molecule has 5 heteroatoms. The van der Waals surface area contributed by atoms with Crippen molar-refractivity contribution in [2.24, 2.45) is 5.73 Å². The van der Waals surface area contributed by atoms with Crippen LogP contribution in [-0.2, 0) is 4.79 Å². The Labute approximate surface area is 103 Å². The minimum absolute atomic E-state index is 0.0628. The first kappa shape index (κ1) is 12.3. The molecule has 0 unspecified atom stereocenters. The van der Waals surface area contributed by atoms with Crippen LogP contribution in [0.4, 0.5) is 0 Å². The van der Waals surface area contributed by atoms with Crippen molar-refractivity contribution >= 4 is 28.5 Å². The van der Waals surface area contributed by atoms with Gasteiger partial charge in [-0.3, -0.25) is 4.79 Å². The van der Waals surface area contributed by atoms with Gasteiger partial charge in [0.1, 0.15) is 0 Å². The molecule has 4 nitrogen and oxygen atoms in total. The molecule has 0 bridgehead atoms. The summed E-state index contributed by atoms with van der Waals surface area (Å²) in [7, 11) is 0. The van der Waals surface area contributed by atoms with E-state index in [9.17, 15) is 4.79 Å². The van der Waals surface area contributed by atoms with Crippen LogP contribution in [0.1, 0.15) is 0 Å². The first-order valence-corrected chi connectivity index (χ1v) is 5.69. The van der Waals surface area contributed by atoms with Gasteiger partial charge in [-0.2, -0.15) is 0 Å². The van der Waals surface area contributed by atoms with Crippen molar-refractivity contribution in [1.29, 1.82) is 0 Å². The Hall–Kier alpha value is -0.820. The Morgan fingerprint density at radius 2 is 2.33 bits per heavy atom. The van der Waals surface area contributed by atoms with Crippen LogP contribution in [0, 0.1) is 0 Å². The predicted octanol–water partition coefficient (Wildman–Crippen LogP) is 0.723. The van der Waals surface area contributed by atoms with Crippen LogP contribution in [0.3, 0.4) is 0 Å². The molecule has 1 fully saturated rings. The number of hydrogen-bond acceptors (Lipinski definition) is 3. The Kier molecular flexibility index (Phi) is 4.83. The summed E-state index contributed by atoms with van der Waals surface area (Å²) in [6.07, 6.45) is 5.23. The summed E-state index contributed by atoms with van der Waals surface area (Å²) in [4.78, 5) is 13.3. The third-order valence-electron chi connectivity index (χ3n) is 2.02. The molecular formula is C10H14IN3O. The average molecular weight is 319 g/mol. The summed E-state index contributed by atoms with van der Waals surface area (Å²) < 4.78 is 0.675. The van der Waals surface area contributed by atoms with Gasteiger partial charge in [-0.15, -0.1) is 0 Å². The summed E-state index contributed by atoms with van der Waals surface area (Å²) in [5.74, 6) is 0.0628. The summed E-state index contributed by atoms with van der Waals surface area (Å²) in [5, 5.41) is 3.01. The van der Waals surface area contributed by atoms with Crippen LogP contribution >= 0.6 is 22.6 Å². The van der Waals surface area contributed by atoms with Gasteiger partial charge in [0.15, 0.2) is 0 Å². The van der Waals surface area contributed by atoms with Gasteiger partial charge in [0, 0.05) is 18.8 Å². The molecule has 0 radical (unpaired) electrons. The van der Waals surface area contributed by atoms with Crippen molar-refractivity contribution in [3.8, 4) is 0 Å². The highest BCUT2D eigenvalue weighted by molar-refractivity contribution is 14.1. The lowest BCUT2D eigenvalue weighted by Crippen LogP contribution is -2.47. The Balaban J connectivity index is 2.81. The van der Waals surface area contributed by atoms with Gasteiger partial charge in [0.05, 0.1) is 10.2 Å². The number of hydrogen-bond donors (Lipinski definition) is 2. The van der Waals surface area contributed by atoms with Crippen LogP contribution in [0.25, 0.3) is 0 Å². The molecular weight excluding hydrogens is 305 g/mol. The second kappa shape index (κ2) is 5.92. The zero-order valence-electron chi connectivity index (χ0n) is 8.37. The van der Waals surface area contributed by atoms with Gasteiger partial charge in [-0.05, 0) is 40.8 Å². The molecule has 1 amide bonds. The summed E-state index contributed by atoms with van der Waals surface area (Å²) in [5.41, 5.74) is 6.31. The first-order valence-electron chi connectivity index (χ1n) is 4.61. The van der Waals surface area contributed by atoms with Gasteiger partial charge in [-0.1, -0.05) is 6.58 Å². The number of nitrogens with zero attached hydrogens (tertiary/aromatic N) is 1. The maximum Gasteiger partial charge on any atom is 0.240 e. The fourth-order valence-corrected chi connectivity index (χ4v) is 1.49. The average Bonchev–Trinajstić information content (AvgIpc) is 2.21. The molecule has 1 rings (SSSR count). The Morgan fingerprint density at radius 3 is 2.87 bits per heavy atom. The summed E-state index contributed by atoms with van der Waals surface area (Å²) in [6.45, 7) is 5.56. The minimum Gasteiger partial charge on any atom is -0.394 e. The number of carbonyl (C=O) groups excluding carboxylic acids is 1. The molecule has 15 heavy (non-hydrogen) atoms. The number of allylic oxidation sites excluding steroid dienone is 3. The van der Waals surface area contributed by atoms with E-state index in [1.807, 2.05) is 22.6 Å². The van der Waals surface area contributed by atoms with Crippen molar-refractivity contribution in [2.45, 2.75) is 0 Å². The van der Waals surface area contributed by atoms with E-state index in [4.69, 9.17) is 5.73 Å². The van der Waals surface area contributed by atoms with Gasteiger partial charge in [0.2, 0.25) is 5.91 Å². The number of piperazine rings is 1. The molecule has 1 aliphatic heterocycles. The second-order valence-corrected chi connectivity index (χ2v) is 4.31. The van der Waals surface area contributed by atoms with E-state index >= 15 is 0 Å². The lowest BCUT2D eigenvalue weighted by atomic mass is 10.2. The smallest absolute Gasteiger partial charge is 0.240 e. The number of rotatable bonds is 3. The van der Waals surface area contributed by atoms with E-state index in [1.165, 1.54) is 0 Å². The highest BCUT2D eigenvalue weighted by Gasteiger charge is 2.18. The maximum atomic E-state index is 11.6. The fraction of sp³-hybridized carbons (Fsp3) is 0.300. The molecule has 0 saturated carbocycles. The van der Waals surface area contributed by atoms with Crippen LogP contribution in [0.15, 0.2) is 34.2 Å². The van der Waals surface area contributed by atoms with Crippen molar-refractivity contribution in [3.63, 3.8) is 0 Å².